The van der Waals surface area contributed by atoms with E-state index in [1.165, 1.54) is 66.7 Å². The molecule has 0 amide bonds. The third-order valence-electron chi connectivity index (χ3n) is 2.95. The first-order valence-corrected chi connectivity index (χ1v) is 12.9. The third kappa shape index (κ3) is 123. The molecule has 0 N–H and O–H groups in total. The number of rotatable bonds is 9. The van der Waals surface area contributed by atoms with E-state index in [0.717, 1.165) is 0 Å². The van der Waals surface area contributed by atoms with Crippen LogP contribution in [0.1, 0.15) is 115 Å². The summed E-state index contributed by atoms with van der Waals surface area (Å²) in [4.78, 5) is 49.1. The van der Waals surface area contributed by atoms with Gasteiger partial charge in [-0.25, -0.2) is 0 Å². The molecule has 10 nitrogen and oxygen atoms in total. The number of hydrogen-bond donors (Lipinski definition) is 0. The van der Waals surface area contributed by atoms with Gasteiger partial charge in [-0.05, 0) is 34.6 Å². The average molecular weight is 541 g/mol. The molecule has 0 aromatic rings. The van der Waals surface area contributed by atoms with E-state index in [1.54, 1.807) is 34.6 Å². The summed E-state index contributed by atoms with van der Waals surface area (Å²) in [6.07, 6.45) is 7.01. The van der Waals surface area contributed by atoms with Crippen molar-refractivity contribution >= 4 is 29.8 Å². The predicted molar refractivity (Wildman–Crippen MR) is 146 cm³/mol. The van der Waals surface area contributed by atoms with Gasteiger partial charge in [0.25, 0.3) is 0 Å². The summed E-state index contributed by atoms with van der Waals surface area (Å²) in [6, 6.07) is 0. The van der Waals surface area contributed by atoms with E-state index in [9.17, 15) is 24.0 Å². The van der Waals surface area contributed by atoms with Crippen LogP contribution in [0.2, 0.25) is 0 Å². The van der Waals surface area contributed by atoms with Crippen LogP contribution in [0.3, 0.4) is 0 Å². The maximum atomic E-state index is 9.82. The number of esters is 5. The highest BCUT2D eigenvalue weighted by Gasteiger charge is 1.84. The monoisotopic (exact) mass is 540 g/mol. The summed E-state index contributed by atoms with van der Waals surface area (Å²) in [6.45, 7) is 22.8. The van der Waals surface area contributed by atoms with Crippen molar-refractivity contribution in [1.82, 2.24) is 0 Å². The van der Waals surface area contributed by atoms with E-state index >= 15 is 0 Å². The second-order valence-electron chi connectivity index (χ2n) is 6.68. The molecular weight excluding hydrogens is 484 g/mol. The Balaban J connectivity index is -0.0000000780. The Bertz CT molecular complexity index is 409. The summed E-state index contributed by atoms with van der Waals surface area (Å²) < 4.78 is 22.0. The summed E-state index contributed by atoms with van der Waals surface area (Å²) in [5, 5.41) is 0. The van der Waals surface area contributed by atoms with Crippen LogP contribution in [0.25, 0.3) is 0 Å². The van der Waals surface area contributed by atoms with Crippen molar-refractivity contribution in [2.75, 3.05) is 33.0 Å². The smallest absolute Gasteiger partial charge is 0.302 e. The molecule has 0 aliphatic rings. The number of unbranched alkanes of at least 4 members (excludes halogenated alkanes) is 4. The zero-order valence-corrected chi connectivity index (χ0v) is 25.7. The minimum Gasteiger partial charge on any atom is -0.466 e. The van der Waals surface area contributed by atoms with Gasteiger partial charge >= 0.3 is 29.8 Å². The molecule has 0 bridgehead atoms. The molecule has 10 heteroatoms. The topological polar surface area (TPSA) is 132 Å². The van der Waals surface area contributed by atoms with Crippen LogP contribution in [-0.4, -0.2) is 62.9 Å². The van der Waals surface area contributed by atoms with Crippen molar-refractivity contribution < 1.29 is 47.7 Å². The van der Waals surface area contributed by atoms with E-state index in [-0.39, 0.29) is 29.8 Å². The number of hydrogen-bond acceptors (Lipinski definition) is 10. The van der Waals surface area contributed by atoms with Gasteiger partial charge in [-0.2, -0.15) is 0 Å². The predicted octanol–water partition coefficient (Wildman–Crippen LogP) is 5.82. The largest absolute Gasteiger partial charge is 0.466 e. The second-order valence-corrected chi connectivity index (χ2v) is 6.68. The normalized spacial score (nSPS) is 8.00. The Morgan fingerprint density at radius 3 is 0.568 bits per heavy atom. The van der Waals surface area contributed by atoms with Crippen molar-refractivity contribution in [3.05, 3.63) is 0 Å². The quantitative estimate of drug-likeness (QED) is 0.200. The van der Waals surface area contributed by atoms with Crippen molar-refractivity contribution in [3.63, 3.8) is 0 Å². The lowest BCUT2D eigenvalue weighted by atomic mass is 10.2. The van der Waals surface area contributed by atoms with Gasteiger partial charge in [0.05, 0.1) is 33.0 Å². The lowest BCUT2D eigenvalue weighted by molar-refractivity contribution is -0.141. The minimum absolute atomic E-state index is 0.211. The Labute approximate surface area is 226 Å². The summed E-state index contributed by atoms with van der Waals surface area (Å²) in [7, 11) is 0. The molecule has 0 rings (SSSR count). The highest BCUT2D eigenvalue weighted by molar-refractivity contribution is 5.66. The first-order chi connectivity index (χ1) is 17.3. The maximum Gasteiger partial charge on any atom is 0.302 e. The molecule has 0 heterocycles. The van der Waals surface area contributed by atoms with Crippen LogP contribution < -0.4 is 0 Å². The first-order valence-electron chi connectivity index (χ1n) is 12.9. The van der Waals surface area contributed by atoms with E-state index in [4.69, 9.17) is 0 Å². The zero-order chi connectivity index (χ0) is 30.5. The van der Waals surface area contributed by atoms with Gasteiger partial charge in [0.1, 0.15) is 0 Å². The van der Waals surface area contributed by atoms with Gasteiger partial charge in [-0.15, -0.1) is 0 Å². The minimum atomic E-state index is -0.211. The summed E-state index contributed by atoms with van der Waals surface area (Å²) >= 11 is 0. The van der Waals surface area contributed by atoms with Gasteiger partial charge in [-0.3, -0.25) is 24.0 Å². The molecule has 0 spiro atoms. The van der Waals surface area contributed by atoms with Crippen LogP contribution in [-0.2, 0) is 47.7 Å². The van der Waals surface area contributed by atoms with Gasteiger partial charge < -0.3 is 23.7 Å². The highest BCUT2D eigenvalue weighted by atomic mass is 16.5. The highest BCUT2D eigenvalue weighted by Crippen LogP contribution is 2.00. The summed E-state index contributed by atoms with van der Waals surface area (Å²) in [5.41, 5.74) is 0. The third-order valence-corrected chi connectivity index (χ3v) is 2.95. The Kier molecular flexibility index (Phi) is 59.9. The molecule has 0 aliphatic heterocycles. The number of carbonyl (C=O) groups excluding carboxylic acids is 5. The summed E-state index contributed by atoms with van der Waals surface area (Å²) in [5.74, 6) is -1.05. The fraction of sp³-hybridized carbons (Fsp3) is 0.815. The van der Waals surface area contributed by atoms with Crippen molar-refractivity contribution in [2.45, 2.75) is 115 Å². The second kappa shape index (κ2) is 46.7. The van der Waals surface area contributed by atoms with Gasteiger partial charge in [0.2, 0.25) is 0 Å². The average Bonchev–Trinajstić information content (AvgIpc) is 2.76. The molecule has 0 fully saturated rings. The number of carbonyl (C=O) groups is 5. The van der Waals surface area contributed by atoms with Crippen molar-refractivity contribution in [1.29, 1.82) is 0 Å². The molecule has 0 saturated heterocycles. The molecule has 0 unspecified atom stereocenters. The van der Waals surface area contributed by atoms with E-state index in [1.807, 2.05) is 0 Å². The Morgan fingerprint density at radius 2 is 0.514 bits per heavy atom. The molecule has 0 atom stereocenters. The van der Waals surface area contributed by atoms with Gasteiger partial charge in [-0.1, -0.05) is 46.0 Å². The number of ether oxygens (including phenoxy) is 5. The van der Waals surface area contributed by atoms with Crippen LogP contribution in [0.15, 0.2) is 0 Å². The van der Waals surface area contributed by atoms with Crippen LogP contribution >= 0.6 is 0 Å². The van der Waals surface area contributed by atoms with Crippen molar-refractivity contribution in [2.24, 2.45) is 0 Å². The van der Waals surface area contributed by atoms with E-state index in [2.05, 4.69) is 37.5 Å². The van der Waals surface area contributed by atoms with Crippen molar-refractivity contribution in [3.8, 4) is 0 Å². The zero-order valence-electron chi connectivity index (χ0n) is 25.7. The molecule has 0 aromatic carbocycles. The maximum absolute atomic E-state index is 9.82. The fourth-order valence-corrected chi connectivity index (χ4v) is 1.69. The van der Waals surface area contributed by atoms with Gasteiger partial charge in [0.15, 0.2) is 0 Å². The van der Waals surface area contributed by atoms with Gasteiger partial charge in [0, 0.05) is 34.6 Å². The molecular formula is C27H56O10. The lowest BCUT2D eigenvalue weighted by Gasteiger charge is -1.90. The molecule has 0 aliphatic carbocycles. The standard InChI is InChI=1S/C7H16.5C4H8O2/c1-3-5-7-6-4-2;5*1-3-6-4(2)5/h3-7H2,1-2H3;5*3H2,1-2H3. The molecule has 37 heavy (non-hydrogen) atoms. The fourth-order valence-electron chi connectivity index (χ4n) is 1.69. The van der Waals surface area contributed by atoms with Crippen LogP contribution in [0, 0.1) is 0 Å². The van der Waals surface area contributed by atoms with Crippen LogP contribution in [0.4, 0.5) is 0 Å². The SMILES string of the molecule is CCCCCCC.CCOC(C)=O.CCOC(C)=O.CCOC(C)=O.CCOC(C)=O.CCOC(C)=O. The molecule has 0 aromatic heterocycles. The lowest BCUT2D eigenvalue weighted by Crippen LogP contribution is -1.95. The molecule has 224 valence electrons. The Morgan fingerprint density at radius 1 is 0.351 bits per heavy atom. The Hall–Kier alpha value is -2.65. The van der Waals surface area contributed by atoms with E-state index in [0.29, 0.717) is 33.0 Å². The molecule has 0 saturated carbocycles. The molecule has 0 radical (unpaired) electrons. The van der Waals surface area contributed by atoms with E-state index < -0.39 is 0 Å². The van der Waals surface area contributed by atoms with Crippen LogP contribution in [0.5, 0.6) is 0 Å². The first kappa shape index (κ1) is 47.5.